The van der Waals surface area contributed by atoms with Crippen LogP contribution in [0.3, 0.4) is 0 Å². The first-order valence-corrected chi connectivity index (χ1v) is 6.44. The van der Waals surface area contributed by atoms with Crippen LogP contribution in [0.5, 0.6) is 5.75 Å². The number of allylic oxidation sites excluding steroid dienone is 6. The summed E-state index contributed by atoms with van der Waals surface area (Å²) in [6.07, 6.45) is 11.1. The third kappa shape index (κ3) is 5.01. The highest BCUT2D eigenvalue weighted by Gasteiger charge is 2.00. The predicted octanol–water partition coefficient (Wildman–Crippen LogP) is 2.73. The first-order valence-electron chi connectivity index (χ1n) is 6.44. The molecule has 0 saturated heterocycles. The number of hydrogen-bond acceptors (Lipinski definition) is 6. The largest absolute Gasteiger partial charge is 0.363 e. The molecule has 1 aliphatic heterocycles. The van der Waals surface area contributed by atoms with E-state index in [0.717, 1.165) is 0 Å². The molecule has 1 aromatic rings. The maximum absolute atomic E-state index is 11.7. The molecule has 1 aliphatic rings. The molecule has 0 saturated carbocycles. The zero-order valence-corrected chi connectivity index (χ0v) is 11.5. The quantitative estimate of drug-likeness (QED) is 0.798. The summed E-state index contributed by atoms with van der Waals surface area (Å²) in [5.41, 5.74) is 3.01. The van der Waals surface area contributed by atoms with Gasteiger partial charge in [-0.3, -0.25) is 9.59 Å². The molecule has 0 unspecified atom stereocenters. The van der Waals surface area contributed by atoms with Crippen molar-refractivity contribution in [2.75, 3.05) is 0 Å². The van der Waals surface area contributed by atoms with Crippen molar-refractivity contribution in [3.8, 4) is 5.75 Å². The van der Waals surface area contributed by atoms with Crippen LogP contribution in [-0.2, 0) is 9.59 Å². The summed E-state index contributed by atoms with van der Waals surface area (Å²) in [7, 11) is 0. The lowest BCUT2D eigenvalue weighted by molar-refractivity contribution is -0.112. The van der Waals surface area contributed by atoms with Gasteiger partial charge in [-0.25, -0.2) is 0 Å². The molecular formula is C16H13N3O3. The van der Waals surface area contributed by atoms with Crippen LogP contribution in [0.2, 0.25) is 0 Å². The van der Waals surface area contributed by atoms with E-state index in [-0.39, 0.29) is 11.6 Å². The van der Waals surface area contributed by atoms with E-state index < -0.39 is 0 Å². The van der Waals surface area contributed by atoms with Crippen molar-refractivity contribution >= 4 is 17.6 Å². The van der Waals surface area contributed by atoms with E-state index in [2.05, 4.69) is 15.9 Å². The maximum atomic E-state index is 11.7. The van der Waals surface area contributed by atoms with Gasteiger partial charge in [-0.1, -0.05) is 24.3 Å². The van der Waals surface area contributed by atoms with Crippen LogP contribution in [-0.4, -0.2) is 11.6 Å². The second-order valence-electron chi connectivity index (χ2n) is 4.12. The van der Waals surface area contributed by atoms with Crippen LogP contribution in [0.4, 0.5) is 0 Å². The van der Waals surface area contributed by atoms with Gasteiger partial charge in [0, 0.05) is 5.56 Å². The molecule has 0 spiro atoms. The van der Waals surface area contributed by atoms with Gasteiger partial charge in [0.15, 0.2) is 17.3 Å². The SMILES string of the molecule is O=C1C=CC=CN=NNOc2ccccc2C=CC(=O)C=C1. The Kier molecular flexibility index (Phi) is 5.57. The second-order valence-corrected chi connectivity index (χ2v) is 4.12. The fraction of sp³-hybridized carbons (Fsp3) is 0. The number of para-hydroxylation sites is 1. The van der Waals surface area contributed by atoms with Gasteiger partial charge in [-0.15, -0.1) is 10.7 Å². The normalized spacial score (nSPS) is 15.3. The third-order valence-electron chi connectivity index (χ3n) is 2.54. The van der Waals surface area contributed by atoms with E-state index in [4.69, 9.17) is 4.84 Å². The lowest BCUT2D eigenvalue weighted by Gasteiger charge is -2.05. The van der Waals surface area contributed by atoms with Crippen LogP contribution in [0, 0.1) is 0 Å². The van der Waals surface area contributed by atoms with Crippen molar-refractivity contribution in [1.82, 2.24) is 5.59 Å². The van der Waals surface area contributed by atoms with E-state index in [1.54, 1.807) is 24.3 Å². The highest BCUT2D eigenvalue weighted by atomic mass is 16.7. The van der Waals surface area contributed by atoms with Crippen LogP contribution in [0.25, 0.3) is 6.08 Å². The number of nitrogens with zero attached hydrogens (tertiary/aromatic N) is 2. The minimum Gasteiger partial charge on any atom is -0.363 e. The highest BCUT2D eigenvalue weighted by Crippen LogP contribution is 2.18. The van der Waals surface area contributed by atoms with Gasteiger partial charge in [-0.2, -0.15) is 0 Å². The third-order valence-corrected chi connectivity index (χ3v) is 2.54. The van der Waals surface area contributed by atoms with E-state index in [0.29, 0.717) is 11.3 Å². The number of carbonyl (C=O) groups is 2. The fourth-order valence-corrected chi connectivity index (χ4v) is 1.52. The minimum atomic E-state index is -0.299. The van der Waals surface area contributed by atoms with Crippen molar-refractivity contribution in [2.45, 2.75) is 0 Å². The fourth-order valence-electron chi connectivity index (χ4n) is 1.52. The van der Waals surface area contributed by atoms with Crippen LogP contribution in [0.1, 0.15) is 5.56 Å². The molecule has 0 aromatic heterocycles. The molecular weight excluding hydrogens is 282 g/mol. The van der Waals surface area contributed by atoms with E-state index >= 15 is 0 Å². The summed E-state index contributed by atoms with van der Waals surface area (Å²) < 4.78 is 0. The Morgan fingerprint density at radius 3 is 2.45 bits per heavy atom. The molecule has 1 aromatic carbocycles. The molecule has 110 valence electrons. The topological polar surface area (TPSA) is 80.1 Å². The molecule has 22 heavy (non-hydrogen) atoms. The first-order chi connectivity index (χ1) is 10.8. The Labute approximate surface area is 127 Å². The second kappa shape index (κ2) is 8.11. The number of ketones is 2. The average molecular weight is 295 g/mol. The minimum absolute atomic E-state index is 0.294. The number of carbonyl (C=O) groups excluding carboxylic acids is 2. The van der Waals surface area contributed by atoms with Crippen molar-refractivity contribution in [3.63, 3.8) is 0 Å². The van der Waals surface area contributed by atoms with Gasteiger partial charge in [0.05, 0.1) is 6.20 Å². The molecule has 1 heterocycles. The molecule has 6 nitrogen and oxygen atoms in total. The molecule has 0 bridgehead atoms. The summed E-state index contributed by atoms with van der Waals surface area (Å²) in [4.78, 5) is 28.4. The molecule has 0 aliphatic carbocycles. The molecule has 0 fully saturated rings. The van der Waals surface area contributed by atoms with Gasteiger partial charge >= 0.3 is 0 Å². The van der Waals surface area contributed by atoms with Gasteiger partial charge in [0.2, 0.25) is 0 Å². The zero-order chi connectivity index (χ0) is 15.6. The average Bonchev–Trinajstić information content (AvgIpc) is 2.53. The zero-order valence-electron chi connectivity index (χ0n) is 11.5. The smallest absolute Gasteiger partial charge is 0.178 e. The molecule has 0 radical (unpaired) electrons. The summed E-state index contributed by atoms with van der Waals surface area (Å²) in [6, 6.07) is 7.09. The molecule has 6 heteroatoms. The van der Waals surface area contributed by atoms with Gasteiger partial charge in [0.1, 0.15) is 0 Å². The Hall–Kier alpha value is -3.28. The number of nitrogens with one attached hydrogen (secondary N) is 1. The van der Waals surface area contributed by atoms with E-state index in [1.165, 1.54) is 42.7 Å². The molecule has 1 N–H and O–H groups in total. The molecule has 0 atom stereocenters. The first kappa shape index (κ1) is 15.1. The maximum Gasteiger partial charge on any atom is 0.178 e. The summed E-state index contributed by atoms with van der Waals surface area (Å²) in [5, 5.41) is 7.24. The van der Waals surface area contributed by atoms with Gasteiger partial charge in [0.25, 0.3) is 0 Å². The highest BCUT2D eigenvalue weighted by molar-refractivity contribution is 6.08. The predicted molar refractivity (Wildman–Crippen MR) is 81.5 cm³/mol. The summed E-state index contributed by atoms with van der Waals surface area (Å²) in [5.74, 6) is -0.106. The standard InChI is InChI=1S/C16H13N3O3/c20-14-6-3-4-12-17-18-19-22-16-7-2-1-5-13(16)8-9-15(21)11-10-14/h1-12H,(H,17,19). The summed E-state index contributed by atoms with van der Waals surface area (Å²) in [6.45, 7) is 0. The number of hydrogen-bond donors (Lipinski definition) is 1. The Bertz CT molecular complexity index is 700. The Morgan fingerprint density at radius 1 is 0.864 bits per heavy atom. The van der Waals surface area contributed by atoms with Crippen LogP contribution in [0.15, 0.2) is 77.3 Å². The van der Waals surface area contributed by atoms with Crippen molar-refractivity contribution in [2.24, 2.45) is 10.3 Å². The number of rotatable bonds is 0. The lowest BCUT2D eigenvalue weighted by atomic mass is 10.1. The molecule has 0 amide bonds. The van der Waals surface area contributed by atoms with Crippen molar-refractivity contribution in [1.29, 1.82) is 0 Å². The van der Waals surface area contributed by atoms with Gasteiger partial charge in [-0.05, 0) is 47.7 Å². The van der Waals surface area contributed by atoms with Crippen LogP contribution < -0.4 is 10.4 Å². The van der Waals surface area contributed by atoms with Crippen LogP contribution >= 0.6 is 0 Å². The number of fused-ring (bicyclic) bond motifs is 1. The Balaban J connectivity index is 2.26. The van der Waals surface area contributed by atoms with Crippen molar-refractivity contribution < 1.29 is 14.4 Å². The Morgan fingerprint density at radius 2 is 1.59 bits per heavy atom. The van der Waals surface area contributed by atoms with Gasteiger partial charge < -0.3 is 4.84 Å². The lowest BCUT2D eigenvalue weighted by Crippen LogP contribution is -2.10. The summed E-state index contributed by atoms with van der Waals surface area (Å²) >= 11 is 0. The van der Waals surface area contributed by atoms with Crippen molar-refractivity contribution in [3.05, 3.63) is 72.5 Å². The van der Waals surface area contributed by atoms with E-state index in [9.17, 15) is 9.59 Å². The molecule has 2 rings (SSSR count). The van der Waals surface area contributed by atoms with E-state index in [1.807, 2.05) is 6.07 Å². The number of benzene rings is 1. The monoisotopic (exact) mass is 295 g/mol.